The summed E-state index contributed by atoms with van der Waals surface area (Å²) in [5, 5.41) is 0. The molecule has 0 aliphatic carbocycles. The molecule has 88 valence electrons. The topological polar surface area (TPSA) is 0 Å². The molecule has 1 aromatic rings. The maximum Gasteiger partial charge on any atom is 0.508 e. The van der Waals surface area contributed by atoms with Crippen LogP contribution in [0.25, 0.3) is 0 Å². The van der Waals surface area contributed by atoms with Gasteiger partial charge in [-0.05, 0) is 23.5 Å². The molecule has 0 nitrogen and oxygen atoms in total. The van der Waals surface area contributed by atoms with E-state index in [0.717, 1.165) is 29.9 Å². The van der Waals surface area contributed by atoms with Crippen molar-refractivity contribution in [2.75, 3.05) is 11.5 Å². The molecule has 0 bridgehead atoms. The molecule has 0 unspecified atom stereocenters. The van der Waals surface area contributed by atoms with Crippen LogP contribution in [-0.2, 0) is 3.98 Å². The third-order valence-electron chi connectivity index (χ3n) is 2.53. The Labute approximate surface area is 101 Å². The van der Waals surface area contributed by atoms with Crippen molar-refractivity contribution >= 4 is 30.5 Å². The average Bonchev–Trinajstić information content (AvgIpc) is 2.30. The first-order valence-corrected chi connectivity index (χ1v) is 7.06. The fraction of sp³-hybridized carbons (Fsp3) is 0.400. The molecule has 2 rings (SSSR count). The van der Waals surface area contributed by atoms with E-state index in [-0.39, 0.29) is 0 Å². The van der Waals surface area contributed by atoms with Gasteiger partial charge in [0.25, 0.3) is 0 Å². The van der Waals surface area contributed by atoms with Gasteiger partial charge in [-0.3, -0.25) is 0 Å². The number of rotatable bonds is 2. The molecule has 1 fully saturated rings. The summed E-state index contributed by atoms with van der Waals surface area (Å²) in [6.07, 6.45) is 0.857. The van der Waals surface area contributed by atoms with Crippen molar-refractivity contribution in [3.05, 3.63) is 35.9 Å². The second-order valence-electron chi connectivity index (χ2n) is 3.66. The predicted molar refractivity (Wildman–Crippen MR) is 66.7 cm³/mol. The van der Waals surface area contributed by atoms with Gasteiger partial charge in [0.1, 0.15) is 0 Å². The number of thioether (sulfide) groups is 2. The summed E-state index contributed by atoms with van der Waals surface area (Å²) in [6.45, 7) is -4.89. The third kappa shape index (κ3) is 2.09. The van der Waals surface area contributed by atoms with Crippen molar-refractivity contribution in [3.63, 3.8) is 0 Å². The second kappa shape index (κ2) is 4.57. The highest BCUT2D eigenvalue weighted by Crippen LogP contribution is 2.57. The van der Waals surface area contributed by atoms with Crippen molar-refractivity contribution < 1.29 is 12.9 Å². The quantitative estimate of drug-likeness (QED) is 0.737. The summed E-state index contributed by atoms with van der Waals surface area (Å²) in [6, 6.07) is 8.27. The maximum atomic E-state index is 13.3. The summed E-state index contributed by atoms with van der Waals surface area (Å²) in [5.74, 6) is 1.17. The molecular formula is C10H11BF3S2-. The van der Waals surface area contributed by atoms with Crippen LogP contribution in [0.15, 0.2) is 30.3 Å². The van der Waals surface area contributed by atoms with Crippen LogP contribution in [0.4, 0.5) is 12.9 Å². The number of hydrogen-bond donors (Lipinski definition) is 0. The predicted octanol–water partition coefficient (Wildman–Crippen LogP) is 4.10. The van der Waals surface area contributed by atoms with Gasteiger partial charge in [0.05, 0.1) is 3.98 Å². The molecule has 0 N–H and O–H groups in total. The van der Waals surface area contributed by atoms with Crippen molar-refractivity contribution in [1.29, 1.82) is 0 Å². The number of hydrogen-bond acceptors (Lipinski definition) is 2. The van der Waals surface area contributed by atoms with Gasteiger partial charge >= 0.3 is 6.98 Å². The number of benzene rings is 1. The first-order chi connectivity index (χ1) is 7.56. The summed E-state index contributed by atoms with van der Waals surface area (Å²) in [5.41, 5.74) is 0.386. The van der Waals surface area contributed by atoms with Gasteiger partial charge < -0.3 is 12.9 Å². The van der Waals surface area contributed by atoms with E-state index in [2.05, 4.69) is 0 Å². The standard InChI is InChI=1S/C10H11BF3S2/c12-11(13,14)10(15-7-4-8-16-10)9-5-2-1-3-6-9/h1-3,5-6H,4,7-8H2/q-1. The highest BCUT2D eigenvalue weighted by Gasteiger charge is 2.52. The average molecular weight is 263 g/mol. The van der Waals surface area contributed by atoms with Gasteiger partial charge in [-0.1, -0.05) is 30.3 Å². The number of halogens is 3. The Kier molecular flexibility index (Phi) is 3.49. The zero-order valence-electron chi connectivity index (χ0n) is 8.54. The van der Waals surface area contributed by atoms with Crippen LogP contribution in [0.1, 0.15) is 12.0 Å². The SMILES string of the molecule is F[B-](F)(F)C1(c2ccccc2)SCCCS1. The molecule has 16 heavy (non-hydrogen) atoms. The Bertz CT molecular complexity index is 347. The molecule has 1 aliphatic heterocycles. The van der Waals surface area contributed by atoms with Crippen molar-refractivity contribution in [1.82, 2.24) is 0 Å². The molecule has 0 saturated carbocycles. The summed E-state index contributed by atoms with van der Waals surface area (Å²) >= 11 is 2.07. The lowest BCUT2D eigenvalue weighted by Gasteiger charge is -2.44. The van der Waals surface area contributed by atoms with Crippen LogP contribution in [-0.4, -0.2) is 18.5 Å². The lowest BCUT2D eigenvalue weighted by Crippen LogP contribution is -2.43. The Morgan fingerprint density at radius 1 is 1.00 bits per heavy atom. The smallest absolute Gasteiger partial charge is 0.447 e. The van der Waals surface area contributed by atoms with Crippen molar-refractivity contribution in [3.8, 4) is 0 Å². The summed E-state index contributed by atoms with van der Waals surface area (Å²) < 4.78 is 38.2. The molecule has 0 radical (unpaired) electrons. The molecular weight excluding hydrogens is 252 g/mol. The molecule has 6 heteroatoms. The highest BCUT2D eigenvalue weighted by atomic mass is 32.2. The van der Waals surface area contributed by atoms with Gasteiger partial charge in [0, 0.05) is 0 Å². The molecule has 1 aliphatic rings. The van der Waals surface area contributed by atoms with Gasteiger partial charge in [-0.15, -0.1) is 0 Å². The van der Waals surface area contributed by atoms with Crippen molar-refractivity contribution in [2.24, 2.45) is 0 Å². The third-order valence-corrected chi connectivity index (χ3v) is 6.09. The summed E-state index contributed by atoms with van der Waals surface area (Å²) in [7, 11) is 0. The Hall–Kier alpha value is -0.225. The van der Waals surface area contributed by atoms with Crippen LogP contribution in [0.3, 0.4) is 0 Å². The highest BCUT2D eigenvalue weighted by molar-refractivity contribution is 8.20. The molecule has 1 heterocycles. The molecule has 1 saturated heterocycles. The zero-order chi connectivity index (χ0) is 11.6. The monoisotopic (exact) mass is 263 g/mol. The normalized spacial score (nSPS) is 20.7. The van der Waals surface area contributed by atoms with E-state index in [4.69, 9.17) is 0 Å². The van der Waals surface area contributed by atoms with E-state index in [1.165, 1.54) is 0 Å². The first-order valence-electron chi connectivity index (χ1n) is 5.09. The molecule has 0 aromatic heterocycles. The Morgan fingerprint density at radius 2 is 1.56 bits per heavy atom. The maximum absolute atomic E-state index is 13.3. The zero-order valence-corrected chi connectivity index (χ0v) is 10.2. The fourth-order valence-electron chi connectivity index (χ4n) is 1.76. The van der Waals surface area contributed by atoms with Crippen LogP contribution >= 0.6 is 23.5 Å². The van der Waals surface area contributed by atoms with E-state index in [1.807, 2.05) is 0 Å². The lowest BCUT2D eigenvalue weighted by molar-refractivity contribution is 0.457. The fourth-order valence-corrected chi connectivity index (χ4v) is 4.95. The minimum absolute atomic E-state index is 0.386. The Morgan fingerprint density at radius 3 is 2.06 bits per heavy atom. The molecule has 0 spiro atoms. The largest absolute Gasteiger partial charge is 0.508 e. The van der Waals surface area contributed by atoms with Crippen LogP contribution in [0, 0.1) is 0 Å². The van der Waals surface area contributed by atoms with Crippen molar-refractivity contribution in [2.45, 2.75) is 10.4 Å². The minimum Gasteiger partial charge on any atom is -0.447 e. The van der Waals surface area contributed by atoms with E-state index in [1.54, 1.807) is 30.3 Å². The Balaban J connectivity index is 2.42. The second-order valence-corrected chi connectivity index (χ2v) is 6.60. The summed E-state index contributed by atoms with van der Waals surface area (Å²) in [4.78, 5) is 0. The molecule has 0 atom stereocenters. The minimum atomic E-state index is -4.89. The van der Waals surface area contributed by atoms with E-state index in [0.29, 0.717) is 17.1 Å². The van der Waals surface area contributed by atoms with Crippen LogP contribution in [0.2, 0.25) is 0 Å². The van der Waals surface area contributed by atoms with E-state index < -0.39 is 11.0 Å². The van der Waals surface area contributed by atoms with Crippen LogP contribution < -0.4 is 0 Å². The van der Waals surface area contributed by atoms with Gasteiger partial charge in [-0.25, -0.2) is 0 Å². The van der Waals surface area contributed by atoms with Gasteiger partial charge in [0.15, 0.2) is 0 Å². The lowest BCUT2D eigenvalue weighted by atomic mass is 9.80. The molecule has 1 aromatic carbocycles. The first kappa shape index (κ1) is 12.2. The molecule has 0 amide bonds. The van der Waals surface area contributed by atoms with E-state index >= 15 is 0 Å². The van der Waals surface area contributed by atoms with E-state index in [9.17, 15) is 12.9 Å². The van der Waals surface area contributed by atoms with Crippen LogP contribution in [0.5, 0.6) is 0 Å². The van der Waals surface area contributed by atoms with Gasteiger partial charge in [-0.2, -0.15) is 23.5 Å². The van der Waals surface area contributed by atoms with Gasteiger partial charge in [0.2, 0.25) is 0 Å².